The number of benzene rings is 1. The van der Waals surface area contributed by atoms with Crippen molar-refractivity contribution < 1.29 is 9.90 Å². The molecular weight excluding hydrogens is 235 g/mol. The molecule has 1 atom stereocenters. The summed E-state index contributed by atoms with van der Waals surface area (Å²) in [6, 6.07) is 4.83. The van der Waals surface area contributed by atoms with Crippen LogP contribution in [0.5, 0.6) is 0 Å². The van der Waals surface area contributed by atoms with E-state index in [4.69, 9.17) is 28.3 Å². The van der Waals surface area contributed by atoms with Crippen LogP contribution in [0.25, 0.3) is 0 Å². The molecular formula is C11H10Cl2O2. The Morgan fingerprint density at radius 3 is 2.60 bits per heavy atom. The van der Waals surface area contributed by atoms with E-state index in [1.165, 1.54) is 0 Å². The van der Waals surface area contributed by atoms with E-state index in [-0.39, 0.29) is 0 Å². The largest absolute Gasteiger partial charge is 0.481 e. The van der Waals surface area contributed by atoms with Gasteiger partial charge in [-0.05, 0) is 24.1 Å². The normalized spacial score (nSPS) is 12.1. The zero-order valence-electron chi connectivity index (χ0n) is 7.91. The predicted octanol–water partition coefficient (Wildman–Crippen LogP) is 3.74. The fourth-order valence-electron chi connectivity index (χ4n) is 1.28. The number of carboxylic acids is 1. The molecule has 0 aliphatic rings. The number of aliphatic carboxylic acids is 1. The molecule has 15 heavy (non-hydrogen) atoms. The number of allylic oxidation sites excluding steroid dienone is 1. The number of hydrogen-bond acceptors (Lipinski definition) is 1. The summed E-state index contributed by atoms with van der Waals surface area (Å²) in [6.45, 7) is 3.53. The van der Waals surface area contributed by atoms with E-state index in [9.17, 15) is 4.79 Å². The lowest BCUT2D eigenvalue weighted by molar-refractivity contribution is -0.138. The first kappa shape index (κ1) is 12.1. The molecule has 0 amide bonds. The van der Waals surface area contributed by atoms with Gasteiger partial charge in [-0.15, -0.1) is 6.58 Å². The summed E-state index contributed by atoms with van der Waals surface area (Å²) in [4.78, 5) is 11.0. The van der Waals surface area contributed by atoms with Crippen molar-refractivity contribution in [3.05, 3.63) is 46.5 Å². The number of rotatable bonds is 4. The molecule has 0 aliphatic carbocycles. The summed E-state index contributed by atoms with van der Waals surface area (Å²) < 4.78 is 0. The lowest BCUT2D eigenvalue weighted by atomic mass is 9.96. The van der Waals surface area contributed by atoms with Gasteiger partial charge in [0.15, 0.2) is 0 Å². The van der Waals surface area contributed by atoms with Gasteiger partial charge in [-0.1, -0.05) is 35.3 Å². The summed E-state index contributed by atoms with van der Waals surface area (Å²) in [5.41, 5.74) is 0.636. The molecule has 0 saturated heterocycles. The summed E-state index contributed by atoms with van der Waals surface area (Å²) in [6.07, 6.45) is 1.94. The predicted molar refractivity (Wildman–Crippen MR) is 61.7 cm³/mol. The molecule has 0 bridgehead atoms. The monoisotopic (exact) mass is 244 g/mol. The van der Waals surface area contributed by atoms with Gasteiger partial charge in [-0.2, -0.15) is 0 Å². The third-order valence-corrected chi connectivity index (χ3v) is 2.79. The zero-order valence-corrected chi connectivity index (χ0v) is 9.42. The Bertz CT molecular complexity index is 388. The molecule has 1 N–H and O–H groups in total. The quantitative estimate of drug-likeness (QED) is 0.820. The third-order valence-electron chi connectivity index (χ3n) is 2.05. The van der Waals surface area contributed by atoms with Crippen molar-refractivity contribution in [1.29, 1.82) is 0 Å². The number of hydrogen-bond donors (Lipinski definition) is 1. The molecule has 2 nitrogen and oxygen atoms in total. The van der Waals surface area contributed by atoms with Crippen LogP contribution in [0.4, 0.5) is 0 Å². The first-order valence-electron chi connectivity index (χ1n) is 4.35. The van der Waals surface area contributed by atoms with Gasteiger partial charge in [0.05, 0.1) is 16.0 Å². The average Bonchev–Trinajstić information content (AvgIpc) is 2.18. The Morgan fingerprint density at radius 1 is 1.47 bits per heavy atom. The second-order valence-electron chi connectivity index (χ2n) is 3.09. The maximum absolute atomic E-state index is 11.0. The minimum absolute atomic E-state index is 0.365. The fourth-order valence-corrected chi connectivity index (χ4v) is 1.58. The summed E-state index contributed by atoms with van der Waals surface area (Å²) in [7, 11) is 0. The van der Waals surface area contributed by atoms with Crippen molar-refractivity contribution in [3.63, 3.8) is 0 Å². The van der Waals surface area contributed by atoms with Crippen molar-refractivity contribution in [3.8, 4) is 0 Å². The van der Waals surface area contributed by atoms with Crippen LogP contribution in [-0.2, 0) is 4.79 Å². The Kier molecular flexibility index (Phi) is 4.18. The standard InChI is InChI=1S/C11H10Cl2O2/c1-2-3-8(11(14)15)7-4-5-9(12)10(13)6-7/h2,4-6,8H,1,3H2,(H,14,15)/t8-/m0/s1. The average molecular weight is 245 g/mol. The molecule has 4 heteroatoms. The highest BCUT2D eigenvalue weighted by molar-refractivity contribution is 6.42. The van der Waals surface area contributed by atoms with Crippen LogP contribution >= 0.6 is 23.2 Å². The minimum atomic E-state index is -0.895. The Morgan fingerprint density at radius 2 is 2.13 bits per heavy atom. The van der Waals surface area contributed by atoms with Crippen molar-refractivity contribution in [2.75, 3.05) is 0 Å². The molecule has 80 valence electrons. The first-order valence-corrected chi connectivity index (χ1v) is 5.10. The first-order chi connectivity index (χ1) is 7.06. The third kappa shape index (κ3) is 2.98. The Labute approximate surface area is 98.1 Å². The van der Waals surface area contributed by atoms with Crippen LogP contribution in [0.1, 0.15) is 17.9 Å². The van der Waals surface area contributed by atoms with E-state index in [1.807, 2.05) is 0 Å². The minimum Gasteiger partial charge on any atom is -0.481 e. The lowest BCUT2D eigenvalue weighted by Crippen LogP contribution is -2.10. The van der Waals surface area contributed by atoms with E-state index in [1.54, 1.807) is 24.3 Å². The number of halogens is 2. The highest BCUT2D eigenvalue weighted by atomic mass is 35.5. The van der Waals surface area contributed by atoms with Gasteiger partial charge in [0, 0.05) is 0 Å². The SMILES string of the molecule is C=CC[C@H](C(=O)O)c1ccc(Cl)c(Cl)c1. The van der Waals surface area contributed by atoms with Crippen LogP contribution in [-0.4, -0.2) is 11.1 Å². The van der Waals surface area contributed by atoms with E-state index in [2.05, 4.69) is 6.58 Å². The van der Waals surface area contributed by atoms with Gasteiger partial charge in [0.2, 0.25) is 0 Å². The topological polar surface area (TPSA) is 37.3 Å². The molecule has 1 aromatic rings. The molecule has 1 aromatic carbocycles. The summed E-state index contributed by atoms with van der Waals surface area (Å²) >= 11 is 11.6. The molecule has 0 heterocycles. The summed E-state index contributed by atoms with van der Waals surface area (Å²) in [5.74, 6) is -1.51. The summed E-state index contributed by atoms with van der Waals surface area (Å²) in [5, 5.41) is 9.78. The van der Waals surface area contributed by atoms with Gasteiger partial charge in [-0.25, -0.2) is 0 Å². The van der Waals surface area contributed by atoms with Gasteiger partial charge < -0.3 is 5.11 Å². The van der Waals surface area contributed by atoms with E-state index in [0.29, 0.717) is 22.0 Å². The maximum atomic E-state index is 11.0. The Hall–Kier alpha value is -0.990. The van der Waals surface area contributed by atoms with Crippen LogP contribution in [0.2, 0.25) is 10.0 Å². The van der Waals surface area contributed by atoms with E-state index in [0.717, 1.165) is 0 Å². The maximum Gasteiger partial charge on any atom is 0.311 e. The molecule has 0 spiro atoms. The molecule has 0 fully saturated rings. The van der Waals surface area contributed by atoms with Crippen LogP contribution in [0.15, 0.2) is 30.9 Å². The second-order valence-corrected chi connectivity index (χ2v) is 3.90. The van der Waals surface area contributed by atoms with Gasteiger partial charge >= 0.3 is 5.97 Å². The molecule has 0 radical (unpaired) electrons. The zero-order chi connectivity index (χ0) is 11.4. The fraction of sp³-hybridized carbons (Fsp3) is 0.182. The van der Waals surface area contributed by atoms with E-state index >= 15 is 0 Å². The van der Waals surface area contributed by atoms with Gasteiger partial charge in [0.25, 0.3) is 0 Å². The van der Waals surface area contributed by atoms with Crippen molar-refractivity contribution in [2.24, 2.45) is 0 Å². The van der Waals surface area contributed by atoms with Crippen LogP contribution in [0, 0.1) is 0 Å². The highest BCUT2D eigenvalue weighted by Gasteiger charge is 2.18. The van der Waals surface area contributed by atoms with Crippen molar-refractivity contribution >= 4 is 29.2 Å². The van der Waals surface area contributed by atoms with Crippen molar-refractivity contribution in [1.82, 2.24) is 0 Å². The van der Waals surface area contributed by atoms with Gasteiger partial charge in [-0.3, -0.25) is 4.79 Å². The van der Waals surface area contributed by atoms with E-state index < -0.39 is 11.9 Å². The van der Waals surface area contributed by atoms with Gasteiger partial charge in [0.1, 0.15) is 0 Å². The van der Waals surface area contributed by atoms with Crippen molar-refractivity contribution in [2.45, 2.75) is 12.3 Å². The smallest absolute Gasteiger partial charge is 0.311 e. The second kappa shape index (κ2) is 5.19. The molecule has 0 aliphatic heterocycles. The lowest BCUT2D eigenvalue weighted by Gasteiger charge is -2.10. The molecule has 0 aromatic heterocycles. The Balaban J connectivity index is 3.06. The van der Waals surface area contributed by atoms with Crippen LogP contribution in [0.3, 0.4) is 0 Å². The van der Waals surface area contributed by atoms with Crippen LogP contribution < -0.4 is 0 Å². The highest BCUT2D eigenvalue weighted by Crippen LogP contribution is 2.28. The molecule has 0 unspecified atom stereocenters. The molecule has 0 saturated carbocycles. The number of carboxylic acid groups (broad SMARTS) is 1. The molecule has 1 rings (SSSR count). The number of carbonyl (C=O) groups is 1.